The molecule has 1 atom stereocenters. The first-order chi connectivity index (χ1) is 16.9. The maximum atomic E-state index is 10.5. The van der Waals surface area contributed by atoms with Crippen LogP contribution in [0.3, 0.4) is 0 Å². The van der Waals surface area contributed by atoms with Crippen LogP contribution in [0.25, 0.3) is 21.7 Å². The number of aryl methyl sites for hydroxylation is 1. The summed E-state index contributed by atoms with van der Waals surface area (Å²) < 4.78 is 12.3. The fourth-order valence-electron chi connectivity index (χ4n) is 4.05. The lowest BCUT2D eigenvalue weighted by molar-refractivity contribution is 0.0440. The van der Waals surface area contributed by atoms with Crippen LogP contribution in [0.5, 0.6) is 5.75 Å². The Balaban J connectivity index is 1.06. The molecule has 0 unspecified atom stereocenters. The number of halogens is 2. The Hall–Kier alpha value is -2.27. The Bertz CT molecular complexity index is 1310. The van der Waals surface area contributed by atoms with E-state index in [2.05, 4.69) is 24.9 Å². The molecule has 8 nitrogen and oxygen atoms in total. The number of benzene rings is 2. The number of nitrogens with zero attached hydrogens (tertiary/aromatic N) is 5. The van der Waals surface area contributed by atoms with Crippen LogP contribution in [0.2, 0.25) is 10.0 Å². The molecule has 5 rings (SSSR count). The van der Waals surface area contributed by atoms with Gasteiger partial charge in [-0.1, -0.05) is 28.4 Å². The summed E-state index contributed by atoms with van der Waals surface area (Å²) >= 11 is 13.7. The van der Waals surface area contributed by atoms with Gasteiger partial charge in [-0.05, 0) is 43.3 Å². The van der Waals surface area contributed by atoms with Gasteiger partial charge in [0.1, 0.15) is 18.5 Å². The van der Waals surface area contributed by atoms with Gasteiger partial charge in [0.05, 0.1) is 31.8 Å². The molecule has 35 heavy (non-hydrogen) atoms. The van der Waals surface area contributed by atoms with E-state index < -0.39 is 6.10 Å². The maximum Gasteiger partial charge on any atom is 0.258 e. The van der Waals surface area contributed by atoms with Crippen molar-refractivity contribution in [3.63, 3.8) is 0 Å². The molecule has 184 valence electrons. The van der Waals surface area contributed by atoms with Gasteiger partial charge in [-0.15, -0.1) is 11.3 Å². The molecule has 0 bridgehead atoms. The van der Waals surface area contributed by atoms with Crippen LogP contribution >= 0.6 is 34.5 Å². The Kier molecular flexibility index (Phi) is 7.52. The third-order valence-corrected chi connectivity index (χ3v) is 7.52. The van der Waals surface area contributed by atoms with E-state index in [-0.39, 0.29) is 6.61 Å². The van der Waals surface area contributed by atoms with E-state index in [0.717, 1.165) is 52.7 Å². The predicted molar refractivity (Wildman–Crippen MR) is 137 cm³/mol. The molecule has 0 saturated carbocycles. The Morgan fingerprint density at radius 3 is 2.66 bits per heavy atom. The van der Waals surface area contributed by atoms with E-state index in [1.54, 1.807) is 29.5 Å². The molecule has 0 aliphatic carbocycles. The number of aliphatic hydroxyl groups excluding tert-OH is 1. The van der Waals surface area contributed by atoms with Gasteiger partial charge in [0, 0.05) is 38.3 Å². The number of thiazole rings is 1. The van der Waals surface area contributed by atoms with Crippen molar-refractivity contribution in [1.29, 1.82) is 0 Å². The highest BCUT2D eigenvalue weighted by Crippen LogP contribution is 2.28. The highest BCUT2D eigenvalue weighted by molar-refractivity contribution is 7.18. The first kappa shape index (κ1) is 24.4. The first-order valence-electron chi connectivity index (χ1n) is 11.3. The number of fused-ring (bicyclic) bond motifs is 1. The summed E-state index contributed by atoms with van der Waals surface area (Å²) in [5.74, 6) is 1.80. The summed E-state index contributed by atoms with van der Waals surface area (Å²) in [6, 6.07) is 11.1. The van der Waals surface area contributed by atoms with Crippen LogP contribution in [0, 0.1) is 6.92 Å². The van der Waals surface area contributed by atoms with Gasteiger partial charge in [-0.3, -0.25) is 9.80 Å². The largest absolute Gasteiger partial charge is 0.491 e. The molecular formula is C24H25Cl2N5O3S. The average Bonchev–Trinajstić information content (AvgIpc) is 3.46. The SMILES string of the molecule is Cc1nc2ccc(OC[C@H](O)CN3CCN(Cc4noc(-c5ccc(Cl)c(Cl)c5)n4)CC3)cc2s1. The maximum absolute atomic E-state index is 10.5. The molecule has 11 heteroatoms. The lowest BCUT2D eigenvalue weighted by atomic mass is 10.2. The van der Waals surface area contributed by atoms with E-state index in [9.17, 15) is 5.11 Å². The van der Waals surface area contributed by atoms with Crippen LogP contribution in [0.4, 0.5) is 0 Å². The second-order valence-electron chi connectivity index (χ2n) is 8.55. The minimum atomic E-state index is -0.564. The summed E-state index contributed by atoms with van der Waals surface area (Å²) in [5.41, 5.74) is 1.71. The number of hydrogen-bond donors (Lipinski definition) is 1. The van der Waals surface area contributed by atoms with Gasteiger partial charge in [-0.25, -0.2) is 4.98 Å². The zero-order valence-electron chi connectivity index (χ0n) is 19.2. The zero-order chi connectivity index (χ0) is 24.4. The summed E-state index contributed by atoms with van der Waals surface area (Å²) in [6.45, 7) is 6.82. The molecule has 1 fully saturated rings. The van der Waals surface area contributed by atoms with E-state index in [1.807, 2.05) is 25.1 Å². The normalized spacial score (nSPS) is 16.1. The number of ether oxygens (including phenoxy) is 1. The van der Waals surface area contributed by atoms with Gasteiger partial charge >= 0.3 is 0 Å². The highest BCUT2D eigenvalue weighted by Gasteiger charge is 2.21. The predicted octanol–water partition coefficient (Wildman–Crippen LogP) is 4.52. The summed E-state index contributed by atoms with van der Waals surface area (Å²) in [7, 11) is 0. The van der Waals surface area contributed by atoms with Gasteiger partial charge in [-0.2, -0.15) is 4.98 Å². The molecule has 1 saturated heterocycles. The molecule has 1 N–H and O–H groups in total. The lowest BCUT2D eigenvalue weighted by Crippen LogP contribution is -2.48. The van der Waals surface area contributed by atoms with Crippen molar-refractivity contribution in [3.8, 4) is 17.2 Å². The minimum Gasteiger partial charge on any atom is -0.491 e. The van der Waals surface area contributed by atoms with Crippen LogP contribution in [0.1, 0.15) is 10.8 Å². The topological polar surface area (TPSA) is 87.8 Å². The molecule has 1 aliphatic heterocycles. The van der Waals surface area contributed by atoms with Crippen molar-refractivity contribution in [2.24, 2.45) is 0 Å². The molecule has 4 aromatic rings. The fraction of sp³-hybridized carbons (Fsp3) is 0.375. The number of piperazine rings is 1. The van der Waals surface area contributed by atoms with Crippen molar-refractivity contribution in [3.05, 3.63) is 57.3 Å². The van der Waals surface area contributed by atoms with Crippen molar-refractivity contribution < 1.29 is 14.4 Å². The number of β-amino-alcohol motifs (C(OH)–C–C–N with tert-alkyl or cyclic N) is 1. The third kappa shape index (κ3) is 6.11. The molecule has 0 spiro atoms. The summed E-state index contributed by atoms with van der Waals surface area (Å²) in [4.78, 5) is 13.5. The number of hydrogen-bond acceptors (Lipinski definition) is 9. The van der Waals surface area contributed by atoms with Crippen LogP contribution in [-0.4, -0.2) is 75.5 Å². The van der Waals surface area contributed by atoms with E-state index in [1.165, 1.54) is 0 Å². The van der Waals surface area contributed by atoms with E-state index in [4.69, 9.17) is 32.5 Å². The zero-order valence-corrected chi connectivity index (χ0v) is 21.5. The van der Waals surface area contributed by atoms with Crippen molar-refractivity contribution in [1.82, 2.24) is 24.9 Å². The monoisotopic (exact) mass is 533 g/mol. The lowest BCUT2D eigenvalue weighted by Gasteiger charge is -2.34. The van der Waals surface area contributed by atoms with Gasteiger partial charge in [0.15, 0.2) is 5.82 Å². The van der Waals surface area contributed by atoms with Crippen molar-refractivity contribution in [2.75, 3.05) is 39.3 Å². The molecule has 0 radical (unpaired) electrons. The Morgan fingerprint density at radius 1 is 1.06 bits per heavy atom. The van der Waals surface area contributed by atoms with Gasteiger partial charge in [0.2, 0.25) is 0 Å². The number of aromatic nitrogens is 3. The van der Waals surface area contributed by atoms with E-state index in [0.29, 0.717) is 34.8 Å². The molecular weight excluding hydrogens is 509 g/mol. The van der Waals surface area contributed by atoms with Crippen LogP contribution in [-0.2, 0) is 6.54 Å². The summed E-state index contributed by atoms with van der Waals surface area (Å²) in [6.07, 6.45) is -0.564. The number of aliphatic hydroxyl groups is 1. The van der Waals surface area contributed by atoms with E-state index >= 15 is 0 Å². The van der Waals surface area contributed by atoms with Gasteiger partial charge < -0.3 is 14.4 Å². The van der Waals surface area contributed by atoms with Crippen molar-refractivity contribution >= 4 is 44.8 Å². The molecule has 2 aromatic carbocycles. The molecule has 0 amide bonds. The van der Waals surface area contributed by atoms with Crippen LogP contribution < -0.4 is 4.74 Å². The smallest absolute Gasteiger partial charge is 0.258 e. The average molecular weight is 534 g/mol. The molecule has 2 aromatic heterocycles. The third-order valence-electron chi connectivity index (χ3n) is 5.84. The van der Waals surface area contributed by atoms with Crippen LogP contribution in [0.15, 0.2) is 40.9 Å². The Labute approximate surface area is 217 Å². The van der Waals surface area contributed by atoms with Crippen molar-refractivity contribution in [2.45, 2.75) is 19.6 Å². The number of rotatable bonds is 8. The standard InChI is InChI=1S/C24H25Cl2N5O3S/c1-15-27-21-5-3-18(11-22(21)35-15)33-14-17(32)12-30-6-8-31(9-7-30)13-23-28-24(34-29-23)16-2-4-19(25)20(26)10-16/h2-5,10-11,17,32H,6-9,12-14H2,1H3/t17-/m1/s1. The fourth-order valence-corrected chi connectivity index (χ4v) is 5.20. The molecule has 1 aliphatic rings. The first-order valence-corrected chi connectivity index (χ1v) is 12.9. The quantitative estimate of drug-likeness (QED) is 0.353. The van der Waals surface area contributed by atoms with Gasteiger partial charge in [0.25, 0.3) is 5.89 Å². The minimum absolute atomic E-state index is 0.254. The molecule has 3 heterocycles. The second kappa shape index (κ2) is 10.8. The Morgan fingerprint density at radius 2 is 1.86 bits per heavy atom. The highest BCUT2D eigenvalue weighted by atomic mass is 35.5. The second-order valence-corrected chi connectivity index (χ2v) is 10.6. The summed E-state index contributed by atoms with van der Waals surface area (Å²) in [5, 5.41) is 16.6.